The minimum absolute atomic E-state index is 0.309. The molecular formula is C22H20O2. The van der Waals surface area contributed by atoms with E-state index < -0.39 is 0 Å². The number of esters is 1. The van der Waals surface area contributed by atoms with Crippen molar-refractivity contribution in [3.8, 4) is 0 Å². The lowest BCUT2D eigenvalue weighted by atomic mass is 9.95. The third kappa shape index (κ3) is 3.23. The second-order valence-electron chi connectivity index (χ2n) is 6.00. The Bertz CT molecular complexity index is 922. The van der Waals surface area contributed by atoms with Crippen molar-refractivity contribution in [2.45, 2.75) is 13.3 Å². The first-order valence-corrected chi connectivity index (χ1v) is 7.93. The highest BCUT2D eigenvalue weighted by atomic mass is 16.5. The van der Waals surface area contributed by atoms with Crippen LogP contribution >= 0.6 is 0 Å². The monoisotopic (exact) mass is 316 g/mol. The lowest BCUT2D eigenvalue weighted by Gasteiger charge is -2.10. The van der Waals surface area contributed by atoms with Crippen LogP contribution in [0.25, 0.3) is 16.3 Å². The molecule has 0 spiro atoms. The van der Waals surface area contributed by atoms with Gasteiger partial charge in [0.2, 0.25) is 0 Å². The fourth-order valence-corrected chi connectivity index (χ4v) is 2.96. The SMILES string of the molecule is C=C(C)c1ccccc1Cc1ccc2cc(C(=O)OC)ccc2c1. The number of fused-ring (bicyclic) bond motifs is 1. The molecule has 24 heavy (non-hydrogen) atoms. The molecule has 0 saturated heterocycles. The summed E-state index contributed by atoms with van der Waals surface area (Å²) in [7, 11) is 1.40. The summed E-state index contributed by atoms with van der Waals surface area (Å²) in [6, 6.07) is 20.3. The highest BCUT2D eigenvalue weighted by Crippen LogP contribution is 2.23. The topological polar surface area (TPSA) is 26.3 Å². The lowest BCUT2D eigenvalue weighted by molar-refractivity contribution is 0.0601. The summed E-state index contributed by atoms with van der Waals surface area (Å²) in [4.78, 5) is 11.6. The fraction of sp³-hybridized carbons (Fsp3) is 0.136. The van der Waals surface area contributed by atoms with Gasteiger partial charge in [-0.25, -0.2) is 4.79 Å². The van der Waals surface area contributed by atoms with Crippen molar-refractivity contribution in [3.05, 3.63) is 89.5 Å². The van der Waals surface area contributed by atoms with Crippen molar-refractivity contribution < 1.29 is 9.53 Å². The van der Waals surface area contributed by atoms with E-state index in [2.05, 4.69) is 43.0 Å². The van der Waals surface area contributed by atoms with Crippen LogP contribution in [0, 0.1) is 0 Å². The van der Waals surface area contributed by atoms with Gasteiger partial charge in [-0.05, 0) is 52.9 Å². The molecule has 0 amide bonds. The molecule has 120 valence electrons. The van der Waals surface area contributed by atoms with E-state index in [9.17, 15) is 4.79 Å². The van der Waals surface area contributed by atoms with E-state index >= 15 is 0 Å². The van der Waals surface area contributed by atoms with Crippen molar-refractivity contribution in [1.29, 1.82) is 0 Å². The minimum atomic E-state index is -0.309. The van der Waals surface area contributed by atoms with E-state index in [1.807, 2.05) is 25.1 Å². The lowest BCUT2D eigenvalue weighted by Crippen LogP contribution is -2.00. The predicted molar refractivity (Wildman–Crippen MR) is 99.2 cm³/mol. The van der Waals surface area contributed by atoms with Crippen molar-refractivity contribution in [1.82, 2.24) is 0 Å². The summed E-state index contributed by atoms with van der Waals surface area (Å²) < 4.78 is 4.78. The molecule has 0 atom stereocenters. The molecule has 0 aliphatic heterocycles. The smallest absolute Gasteiger partial charge is 0.337 e. The first-order chi connectivity index (χ1) is 11.6. The molecule has 0 radical (unpaired) electrons. The van der Waals surface area contributed by atoms with Crippen LogP contribution in [0.2, 0.25) is 0 Å². The first-order valence-electron chi connectivity index (χ1n) is 7.93. The van der Waals surface area contributed by atoms with Crippen molar-refractivity contribution in [2.75, 3.05) is 7.11 Å². The van der Waals surface area contributed by atoms with E-state index in [0.29, 0.717) is 5.56 Å². The molecule has 0 aliphatic carbocycles. The maximum absolute atomic E-state index is 11.6. The average Bonchev–Trinajstić information content (AvgIpc) is 2.61. The number of hydrogen-bond donors (Lipinski definition) is 0. The van der Waals surface area contributed by atoms with E-state index in [1.165, 1.54) is 23.8 Å². The van der Waals surface area contributed by atoms with Crippen LogP contribution in [0.5, 0.6) is 0 Å². The minimum Gasteiger partial charge on any atom is -0.465 e. The molecule has 0 N–H and O–H groups in total. The summed E-state index contributed by atoms with van der Waals surface area (Å²) in [5.41, 5.74) is 5.37. The molecule has 2 heteroatoms. The van der Waals surface area contributed by atoms with Crippen molar-refractivity contribution in [2.24, 2.45) is 0 Å². The summed E-state index contributed by atoms with van der Waals surface area (Å²) >= 11 is 0. The third-order valence-corrected chi connectivity index (χ3v) is 4.20. The summed E-state index contributed by atoms with van der Waals surface area (Å²) in [6.07, 6.45) is 0.859. The summed E-state index contributed by atoms with van der Waals surface area (Å²) in [5, 5.41) is 2.16. The van der Waals surface area contributed by atoms with Crippen LogP contribution in [0.3, 0.4) is 0 Å². The van der Waals surface area contributed by atoms with E-state index in [-0.39, 0.29) is 5.97 Å². The van der Waals surface area contributed by atoms with Gasteiger partial charge in [0.05, 0.1) is 12.7 Å². The van der Waals surface area contributed by atoms with Crippen LogP contribution < -0.4 is 0 Å². The molecule has 0 fully saturated rings. The Kier molecular flexibility index (Phi) is 4.48. The number of hydrogen-bond acceptors (Lipinski definition) is 2. The van der Waals surface area contributed by atoms with Crippen LogP contribution in [0.4, 0.5) is 0 Å². The van der Waals surface area contributed by atoms with Crippen LogP contribution in [0.1, 0.15) is 34.0 Å². The Balaban J connectivity index is 1.95. The zero-order valence-electron chi connectivity index (χ0n) is 14.0. The number of allylic oxidation sites excluding steroid dienone is 1. The number of carbonyl (C=O) groups is 1. The van der Waals surface area contributed by atoms with Gasteiger partial charge >= 0.3 is 5.97 Å². The Morgan fingerprint density at radius 1 is 1.00 bits per heavy atom. The quantitative estimate of drug-likeness (QED) is 0.614. The molecule has 3 aromatic rings. The molecule has 0 unspecified atom stereocenters. The van der Waals surface area contributed by atoms with Crippen molar-refractivity contribution in [3.63, 3.8) is 0 Å². The van der Waals surface area contributed by atoms with Crippen molar-refractivity contribution >= 4 is 22.3 Å². The largest absolute Gasteiger partial charge is 0.465 e. The van der Waals surface area contributed by atoms with Gasteiger partial charge in [-0.3, -0.25) is 0 Å². The second kappa shape index (κ2) is 6.71. The normalized spacial score (nSPS) is 10.6. The van der Waals surface area contributed by atoms with E-state index in [1.54, 1.807) is 6.07 Å². The predicted octanol–water partition coefficient (Wildman–Crippen LogP) is 5.25. The molecule has 0 aliphatic rings. The second-order valence-corrected chi connectivity index (χ2v) is 6.00. The van der Waals surface area contributed by atoms with Gasteiger partial charge in [-0.15, -0.1) is 0 Å². The molecule has 0 aromatic heterocycles. The summed E-state index contributed by atoms with van der Waals surface area (Å²) in [5.74, 6) is -0.309. The van der Waals surface area contributed by atoms with Gasteiger partial charge in [0.25, 0.3) is 0 Å². The zero-order chi connectivity index (χ0) is 17.1. The Morgan fingerprint density at radius 3 is 2.46 bits per heavy atom. The van der Waals surface area contributed by atoms with Gasteiger partial charge in [-0.1, -0.05) is 60.7 Å². The maximum Gasteiger partial charge on any atom is 0.337 e. The van der Waals surface area contributed by atoms with Crippen LogP contribution in [0.15, 0.2) is 67.2 Å². The molecular weight excluding hydrogens is 296 g/mol. The third-order valence-electron chi connectivity index (χ3n) is 4.20. The number of methoxy groups -OCH3 is 1. The standard InChI is InChI=1S/C22H20O2/c1-15(2)21-7-5-4-6-19(21)13-16-8-9-18-14-20(22(23)24-3)11-10-17(18)12-16/h4-12,14H,1,13H2,2-3H3. The highest BCUT2D eigenvalue weighted by Gasteiger charge is 2.08. The Hall–Kier alpha value is -2.87. The van der Waals surface area contributed by atoms with Gasteiger partial charge in [0.1, 0.15) is 0 Å². The van der Waals surface area contributed by atoms with Gasteiger partial charge in [0, 0.05) is 0 Å². The number of carbonyl (C=O) groups excluding carboxylic acids is 1. The van der Waals surface area contributed by atoms with Gasteiger partial charge in [-0.2, -0.15) is 0 Å². The fourth-order valence-electron chi connectivity index (χ4n) is 2.96. The Labute approximate surface area is 142 Å². The van der Waals surface area contributed by atoms with Crippen LogP contribution in [-0.4, -0.2) is 13.1 Å². The van der Waals surface area contributed by atoms with Gasteiger partial charge < -0.3 is 4.74 Å². The van der Waals surface area contributed by atoms with Gasteiger partial charge in [0.15, 0.2) is 0 Å². The first kappa shape index (κ1) is 16.0. The Morgan fingerprint density at radius 2 is 1.71 bits per heavy atom. The molecule has 0 heterocycles. The number of rotatable bonds is 4. The number of benzene rings is 3. The molecule has 3 rings (SSSR count). The van der Waals surface area contributed by atoms with Crippen LogP contribution in [-0.2, 0) is 11.2 Å². The maximum atomic E-state index is 11.6. The van der Waals surface area contributed by atoms with E-state index in [0.717, 1.165) is 22.8 Å². The number of ether oxygens (including phenoxy) is 1. The van der Waals surface area contributed by atoms with E-state index in [4.69, 9.17) is 4.74 Å². The zero-order valence-corrected chi connectivity index (χ0v) is 14.0. The summed E-state index contributed by atoms with van der Waals surface area (Å²) in [6.45, 7) is 6.10. The molecule has 3 aromatic carbocycles. The molecule has 0 bridgehead atoms. The molecule has 0 saturated carbocycles. The highest BCUT2D eigenvalue weighted by molar-refractivity contribution is 5.95. The molecule has 2 nitrogen and oxygen atoms in total. The average molecular weight is 316 g/mol.